The Bertz CT molecular complexity index is 1230. The lowest BCUT2D eigenvalue weighted by molar-refractivity contribution is 0.593. The van der Waals surface area contributed by atoms with E-state index in [4.69, 9.17) is 5.26 Å². The molecule has 0 bridgehead atoms. The predicted molar refractivity (Wildman–Crippen MR) is 122 cm³/mol. The normalized spacial score (nSPS) is 11.0. The lowest BCUT2D eigenvalue weighted by Gasteiger charge is -2.12. The molecule has 0 aliphatic carbocycles. The summed E-state index contributed by atoms with van der Waals surface area (Å²) in [5.41, 5.74) is 4.34. The molecular formula is C22H20N4O2S2. The number of nitrogens with one attached hydrogen (secondary N) is 2. The second kappa shape index (κ2) is 9.00. The first-order valence-corrected chi connectivity index (χ1v) is 11.6. The van der Waals surface area contributed by atoms with Crippen LogP contribution in [0, 0.1) is 22.7 Å². The van der Waals surface area contributed by atoms with Gasteiger partial charge in [0.25, 0.3) is 0 Å². The second-order valence-electron chi connectivity index (χ2n) is 6.82. The molecule has 0 amide bonds. The van der Waals surface area contributed by atoms with Crippen molar-refractivity contribution in [3.63, 3.8) is 0 Å². The smallest absolute Gasteiger partial charge is 0.235 e. The molecule has 0 saturated heterocycles. The Kier molecular flexibility index (Phi) is 6.41. The maximum absolute atomic E-state index is 12.2. The lowest BCUT2D eigenvalue weighted by Crippen LogP contribution is -2.22. The van der Waals surface area contributed by atoms with Crippen molar-refractivity contribution in [3.05, 3.63) is 59.5 Å². The van der Waals surface area contributed by atoms with E-state index in [9.17, 15) is 13.7 Å². The number of rotatable bonds is 7. The van der Waals surface area contributed by atoms with Crippen molar-refractivity contribution in [2.24, 2.45) is 0 Å². The molecule has 0 saturated carbocycles. The predicted octanol–water partition coefficient (Wildman–Crippen LogP) is 5.04. The molecule has 0 unspecified atom stereocenters. The SMILES string of the molecule is CC(C)S(=O)(=O)Nc1ccsc1-c1ccc(-c2ccc(NCC#N)cc2C#N)cc1. The van der Waals surface area contributed by atoms with Gasteiger partial charge in [-0.1, -0.05) is 30.3 Å². The van der Waals surface area contributed by atoms with Crippen LogP contribution in [0.4, 0.5) is 11.4 Å². The van der Waals surface area contributed by atoms with Crippen molar-refractivity contribution in [1.29, 1.82) is 10.5 Å². The number of anilines is 2. The van der Waals surface area contributed by atoms with E-state index in [0.29, 0.717) is 16.9 Å². The quantitative estimate of drug-likeness (QED) is 0.505. The largest absolute Gasteiger partial charge is 0.372 e. The average Bonchev–Trinajstić information content (AvgIpc) is 3.19. The Morgan fingerprint density at radius 1 is 1.03 bits per heavy atom. The molecule has 8 heteroatoms. The van der Waals surface area contributed by atoms with Gasteiger partial charge in [0.05, 0.1) is 33.5 Å². The standard InChI is InChI=1S/C22H20N4O2S2/c1-15(2)30(27,28)26-21-9-12-29-22(21)17-5-3-16(4-6-17)20-8-7-19(25-11-10-23)13-18(20)14-24/h3-9,12-13,15,25-26H,11H2,1-2H3. The maximum Gasteiger partial charge on any atom is 0.235 e. The van der Waals surface area contributed by atoms with Crippen molar-refractivity contribution >= 4 is 32.7 Å². The van der Waals surface area contributed by atoms with Crippen LogP contribution >= 0.6 is 11.3 Å². The highest BCUT2D eigenvalue weighted by atomic mass is 32.2. The minimum atomic E-state index is -3.43. The van der Waals surface area contributed by atoms with Crippen LogP contribution in [0.1, 0.15) is 19.4 Å². The summed E-state index contributed by atoms with van der Waals surface area (Å²) in [6.45, 7) is 3.44. The van der Waals surface area contributed by atoms with Gasteiger partial charge < -0.3 is 5.32 Å². The molecule has 0 aliphatic heterocycles. The highest BCUT2D eigenvalue weighted by Gasteiger charge is 2.18. The minimum Gasteiger partial charge on any atom is -0.372 e. The molecule has 3 aromatic rings. The molecular weight excluding hydrogens is 416 g/mol. The van der Waals surface area contributed by atoms with Crippen LogP contribution < -0.4 is 10.0 Å². The fourth-order valence-electron chi connectivity index (χ4n) is 2.83. The molecule has 2 N–H and O–H groups in total. The van der Waals surface area contributed by atoms with Crippen molar-refractivity contribution in [1.82, 2.24) is 0 Å². The van der Waals surface area contributed by atoms with E-state index >= 15 is 0 Å². The molecule has 1 heterocycles. The Labute approximate surface area is 180 Å². The molecule has 0 atom stereocenters. The van der Waals surface area contributed by atoms with Crippen LogP contribution in [0.2, 0.25) is 0 Å². The molecule has 3 rings (SSSR count). The van der Waals surface area contributed by atoms with Crippen LogP contribution in [0.15, 0.2) is 53.9 Å². The zero-order valence-corrected chi connectivity index (χ0v) is 18.1. The highest BCUT2D eigenvalue weighted by Crippen LogP contribution is 2.36. The zero-order chi connectivity index (χ0) is 21.7. The third-order valence-corrected chi connectivity index (χ3v) is 7.22. The highest BCUT2D eigenvalue weighted by molar-refractivity contribution is 7.93. The van der Waals surface area contributed by atoms with Gasteiger partial charge in [-0.25, -0.2) is 8.42 Å². The first-order valence-electron chi connectivity index (χ1n) is 9.20. The van der Waals surface area contributed by atoms with Crippen LogP contribution in [0.25, 0.3) is 21.6 Å². The van der Waals surface area contributed by atoms with E-state index in [1.807, 2.05) is 47.8 Å². The van der Waals surface area contributed by atoms with E-state index in [1.165, 1.54) is 11.3 Å². The van der Waals surface area contributed by atoms with Gasteiger partial charge >= 0.3 is 0 Å². The number of sulfonamides is 1. The van der Waals surface area contributed by atoms with E-state index in [0.717, 1.165) is 21.6 Å². The third kappa shape index (κ3) is 4.62. The maximum atomic E-state index is 12.2. The van der Waals surface area contributed by atoms with Gasteiger partial charge in [-0.3, -0.25) is 4.72 Å². The summed E-state index contributed by atoms with van der Waals surface area (Å²) in [7, 11) is -3.43. The van der Waals surface area contributed by atoms with Gasteiger partial charge in [0, 0.05) is 5.69 Å². The fraction of sp³-hybridized carbons (Fsp3) is 0.182. The number of nitriles is 2. The Hall–Kier alpha value is -3.33. The summed E-state index contributed by atoms with van der Waals surface area (Å²) < 4.78 is 27.1. The second-order valence-corrected chi connectivity index (χ2v) is 9.97. The minimum absolute atomic E-state index is 0.169. The van der Waals surface area contributed by atoms with Crippen molar-refractivity contribution in [3.8, 4) is 33.7 Å². The van der Waals surface area contributed by atoms with E-state index < -0.39 is 15.3 Å². The average molecular weight is 437 g/mol. The lowest BCUT2D eigenvalue weighted by atomic mass is 9.98. The van der Waals surface area contributed by atoms with Gasteiger partial charge in [0.1, 0.15) is 6.54 Å². The summed E-state index contributed by atoms with van der Waals surface area (Å²) in [4.78, 5) is 0.835. The molecule has 0 radical (unpaired) electrons. The van der Waals surface area contributed by atoms with E-state index in [2.05, 4.69) is 16.1 Å². The Morgan fingerprint density at radius 3 is 2.37 bits per heavy atom. The summed E-state index contributed by atoms with van der Waals surface area (Å²) in [5.74, 6) is 0. The molecule has 0 aliphatic rings. The molecule has 152 valence electrons. The first-order chi connectivity index (χ1) is 14.4. The monoisotopic (exact) mass is 436 g/mol. The topological polar surface area (TPSA) is 106 Å². The molecule has 0 fully saturated rings. The van der Waals surface area contributed by atoms with Crippen LogP contribution in [-0.4, -0.2) is 20.2 Å². The zero-order valence-electron chi connectivity index (χ0n) is 16.5. The van der Waals surface area contributed by atoms with Gasteiger partial charge in [-0.15, -0.1) is 11.3 Å². The van der Waals surface area contributed by atoms with Gasteiger partial charge in [-0.2, -0.15) is 10.5 Å². The molecule has 2 aromatic carbocycles. The number of hydrogen-bond acceptors (Lipinski definition) is 6. The van der Waals surface area contributed by atoms with Gasteiger partial charge in [0.15, 0.2) is 0 Å². The summed E-state index contributed by atoms with van der Waals surface area (Å²) in [6.07, 6.45) is 0. The Balaban J connectivity index is 1.90. The number of nitrogens with zero attached hydrogens (tertiary/aromatic N) is 2. The molecule has 6 nitrogen and oxygen atoms in total. The molecule has 1 aromatic heterocycles. The molecule has 30 heavy (non-hydrogen) atoms. The van der Waals surface area contributed by atoms with Crippen LogP contribution in [0.3, 0.4) is 0 Å². The first kappa shape index (κ1) is 21.4. The van der Waals surface area contributed by atoms with Crippen LogP contribution in [0.5, 0.6) is 0 Å². The van der Waals surface area contributed by atoms with Gasteiger partial charge in [-0.05, 0) is 54.1 Å². The van der Waals surface area contributed by atoms with Crippen LogP contribution in [-0.2, 0) is 10.0 Å². The summed E-state index contributed by atoms with van der Waals surface area (Å²) in [6, 6.07) is 19.0. The summed E-state index contributed by atoms with van der Waals surface area (Å²) >= 11 is 1.46. The van der Waals surface area contributed by atoms with Crippen molar-refractivity contribution < 1.29 is 8.42 Å². The van der Waals surface area contributed by atoms with Crippen molar-refractivity contribution in [2.75, 3.05) is 16.6 Å². The van der Waals surface area contributed by atoms with E-state index in [-0.39, 0.29) is 6.54 Å². The fourth-order valence-corrected chi connectivity index (χ4v) is 4.46. The number of benzene rings is 2. The Morgan fingerprint density at radius 2 is 1.73 bits per heavy atom. The van der Waals surface area contributed by atoms with Crippen molar-refractivity contribution in [2.45, 2.75) is 19.1 Å². The van der Waals surface area contributed by atoms with Gasteiger partial charge in [0.2, 0.25) is 10.0 Å². The third-order valence-electron chi connectivity index (χ3n) is 4.51. The number of hydrogen-bond donors (Lipinski definition) is 2. The molecule has 0 spiro atoms. The van der Waals surface area contributed by atoms with E-state index in [1.54, 1.807) is 26.0 Å². The number of thiophene rings is 1. The summed E-state index contributed by atoms with van der Waals surface area (Å²) in [5, 5.41) is 22.5.